The third kappa shape index (κ3) is 4.36. The molecule has 0 aliphatic rings. The van der Waals surface area contributed by atoms with Crippen molar-refractivity contribution in [2.75, 3.05) is 16.3 Å². The summed E-state index contributed by atoms with van der Waals surface area (Å²) in [6.07, 6.45) is 2.39. The molecule has 2 N–H and O–H groups in total. The maximum atomic E-state index is 12.8. The molecule has 0 saturated heterocycles. The second kappa shape index (κ2) is 7.89. The predicted octanol–water partition coefficient (Wildman–Crippen LogP) is 2.92. The first-order valence-corrected chi connectivity index (χ1v) is 11.0. The van der Waals surface area contributed by atoms with Gasteiger partial charge in [0.15, 0.2) is 11.6 Å². The van der Waals surface area contributed by atoms with Crippen LogP contribution in [0.3, 0.4) is 0 Å². The number of benzene rings is 2. The van der Waals surface area contributed by atoms with Crippen LogP contribution in [0, 0.1) is 11.3 Å². The molecule has 2 heterocycles. The maximum Gasteiger partial charge on any atom is 0.256 e. The van der Waals surface area contributed by atoms with Crippen LogP contribution in [0.15, 0.2) is 66.9 Å². The minimum Gasteiger partial charge on any atom is -0.305 e. The SMILES string of the molecule is CS(=O)(=O)Nc1ccc(C(=O)Nc2c(C#N)cnn2-c2ccc3ccccc3n2)cc1. The number of nitrogens with zero attached hydrogens (tertiary/aromatic N) is 4. The zero-order chi connectivity index (χ0) is 22.0. The van der Waals surface area contributed by atoms with Crippen molar-refractivity contribution in [2.24, 2.45) is 0 Å². The predicted molar refractivity (Wildman–Crippen MR) is 116 cm³/mol. The minimum atomic E-state index is -3.42. The average Bonchev–Trinajstić information content (AvgIpc) is 3.15. The Morgan fingerprint density at radius 3 is 2.52 bits per heavy atom. The molecule has 0 atom stereocenters. The number of pyridine rings is 1. The number of fused-ring (bicyclic) bond motifs is 1. The van der Waals surface area contributed by atoms with Crippen molar-refractivity contribution in [3.63, 3.8) is 0 Å². The summed E-state index contributed by atoms with van der Waals surface area (Å²) in [4.78, 5) is 17.3. The molecule has 4 rings (SSSR count). The Morgan fingerprint density at radius 2 is 1.81 bits per heavy atom. The lowest BCUT2D eigenvalue weighted by Crippen LogP contribution is -2.16. The average molecular weight is 432 g/mol. The number of para-hydroxylation sites is 1. The number of sulfonamides is 1. The highest BCUT2D eigenvalue weighted by Gasteiger charge is 2.17. The Hall–Kier alpha value is -4.23. The first-order valence-electron chi connectivity index (χ1n) is 9.07. The van der Waals surface area contributed by atoms with Crippen molar-refractivity contribution in [3.05, 3.63) is 78.0 Å². The third-order valence-electron chi connectivity index (χ3n) is 4.37. The van der Waals surface area contributed by atoms with E-state index in [0.717, 1.165) is 17.2 Å². The Morgan fingerprint density at radius 1 is 1.06 bits per heavy atom. The van der Waals surface area contributed by atoms with Gasteiger partial charge in [-0.2, -0.15) is 15.0 Å². The molecule has 0 radical (unpaired) electrons. The molecular formula is C21H16N6O3S. The summed E-state index contributed by atoms with van der Waals surface area (Å²) >= 11 is 0. The summed E-state index contributed by atoms with van der Waals surface area (Å²) in [5.74, 6) is 0.154. The maximum absolute atomic E-state index is 12.8. The molecular weight excluding hydrogens is 416 g/mol. The van der Waals surface area contributed by atoms with Crippen molar-refractivity contribution >= 4 is 38.3 Å². The Balaban J connectivity index is 1.64. The van der Waals surface area contributed by atoms with Gasteiger partial charge in [0.25, 0.3) is 5.91 Å². The van der Waals surface area contributed by atoms with Gasteiger partial charge in [-0.3, -0.25) is 9.52 Å². The van der Waals surface area contributed by atoms with E-state index in [1.807, 2.05) is 36.4 Å². The molecule has 0 saturated carbocycles. The molecule has 2 aromatic heterocycles. The van der Waals surface area contributed by atoms with Crippen LogP contribution in [0.1, 0.15) is 15.9 Å². The van der Waals surface area contributed by atoms with E-state index in [9.17, 15) is 18.5 Å². The molecule has 0 aliphatic heterocycles. The van der Waals surface area contributed by atoms with Gasteiger partial charge in [0.2, 0.25) is 10.0 Å². The summed E-state index contributed by atoms with van der Waals surface area (Å²) in [6, 6.07) is 19.1. The van der Waals surface area contributed by atoms with Gasteiger partial charge in [0, 0.05) is 16.6 Å². The molecule has 0 fully saturated rings. The lowest BCUT2D eigenvalue weighted by atomic mass is 10.2. The van der Waals surface area contributed by atoms with E-state index < -0.39 is 15.9 Å². The zero-order valence-electron chi connectivity index (χ0n) is 16.3. The van der Waals surface area contributed by atoms with Gasteiger partial charge in [-0.15, -0.1) is 0 Å². The van der Waals surface area contributed by atoms with Crippen LogP contribution in [0.5, 0.6) is 0 Å². The molecule has 0 bridgehead atoms. The number of carbonyl (C=O) groups is 1. The third-order valence-corrected chi connectivity index (χ3v) is 4.98. The van der Waals surface area contributed by atoms with E-state index in [0.29, 0.717) is 11.5 Å². The van der Waals surface area contributed by atoms with Crippen LogP contribution in [0.2, 0.25) is 0 Å². The monoisotopic (exact) mass is 432 g/mol. The highest BCUT2D eigenvalue weighted by Crippen LogP contribution is 2.22. The number of hydrogen-bond donors (Lipinski definition) is 2. The van der Waals surface area contributed by atoms with Crippen LogP contribution < -0.4 is 10.0 Å². The van der Waals surface area contributed by atoms with Gasteiger partial charge in [-0.1, -0.05) is 18.2 Å². The molecule has 0 unspecified atom stereocenters. The van der Waals surface area contributed by atoms with Gasteiger partial charge >= 0.3 is 0 Å². The van der Waals surface area contributed by atoms with Crippen molar-refractivity contribution in [2.45, 2.75) is 0 Å². The molecule has 154 valence electrons. The van der Waals surface area contributed by atoms with Crippen LogP contribution >= 0.6 is 0 Å². The molecule has 9 nitrogen and oxygen atoms in total. The van der Waals surface area contributed by atoms with E-state index in [2.05, 4.69) is 20.1 Å². The molecule has 1 amide bonds. The number of hydrogen-bond acceptors (Lipinski definition) is 6. The van der Waals surface area contributed by atoms with Crippen molar-refractivity contribution < 1.29 is 13.2 Å². The van der Waals surface area contributed by atoms with Gasteiger partial charge in [-0.25, -0.2) is 13.4 Å². The summed E-state index contributed by atoms with van der Waals surface area (Å²) in [7, 11) is -3.42. The molecule has 4 aromatic rings. The van der Waals surface area contributed by atoms with Gasteiger partial charge in [0.05, 0.1) is 18.0 Å². The number of anilines is 2. The van der Waals surface area contributed by atoms with Crippen LogP contribution in [-0.2, 0) is 10.0 Å². The standard InChI is InChI=1S/C21H16N6O3S/c1-31(29,30)26-17-9-6-15(7-10-17)21(28)25-20-16(12-22)13-23-27(20)19-11-8-14-4-2-3-5-18(14)24-19/h2-11,13,26H,1H3,(H,25,28). The number of nitrogens with one attached hydrogen (secondary N) is 2. The largest absolute Gasteiger partial charge is 0.305 e. The van der Waals surface area contributed by atoms with Gasteiger partial charge < -0.3 is 5.32 Å². The van der Waals surface area contributed by atoms with Crippen molar-refractivity contribution in [1.29, 1.82) is 5.26 Å². The summed E-state index contributed by atoms with van der Waals surface area (Å²) < 4.78 is 26.4. The van der Waals surface area contributed by atoms with Gasteiger partial charge in [0.1, 0.15) is 11.6 Å². The highest BCUT2D eigenvalue weighted by molar-refractivity contribution is 7.92. The number of aromatic nitrogens is 3. The zero-order valence-corrected chi connectivity index (χ0v) is 17.1. The first-order chi connectivity index (χ1) is 14.8. The second-order valence-corrected chi connectivity index (χ2v) is 8.45. The number of carbonyl (C=O) groups excluding carboxylic acids is 1. The number of rotatable bonds is 5. The fraction of sp³-hybridized carbons (Fsp3) is 0.0476. The van der Waals surface area contributed by atoms with E-state index in [-0.39, 0.29) is 16.9 Å². The fourth-order valence-corrected chi connectivity index (χ4v) is 3.55. The van der Waals surface area contributed by atoms with Crippen LogP contribution in [-0.4, -0.2) is 35.3 Å². The summed E-state index contributed by atoms with van der Waals surface area (Å²) in [5, 5.41) is 17.3. The quantitative estimate of drug-likeness (QED) is 0.499. The minimum absolute atomic E-state index is 0.179. The molecule has 0 aliphatic carbocycles. The topological polar surface area (TPSA) is 130 Å². The van der Waals surface area contributed by atoms with Crippen molar-refractivity contribution in [1.82, 2.24) is 14.8 Å². The number of nitriles is 1. The normalized spacial score (nSPS) is 11.1. The summed E-state index contributed by atoms with van der Waals surface area (Å²) in [6.45, 7) is 0. The smallest absolute Gasteiger partial charge is 0.256 e. The van der Waals surface area contributed by atoms with E-state index in [1.165, 1.54) is 35.1 Å². The Bertz CT molecular complexity index is 1440. The lowest BCUT2D eigenvalue weighted by Gasteiger charge is -2.10. The second-order valence-electron chi connectivity index (χ2n) is 6.70. The van der Waals surface area contributed by atoms with E-state index >= 15 is 0 Å². The van der Waals surface area contributed by atoms with Crippen LogP contribution in [0.4, 0.5) is 11.5 Å². The van der Waals surface area contributed by atoms with E-state index in [1.54, 1.807) is 6.07 Å². The van der Waals surface area contributed by atoms with Crippen molar-refractivity contribution in [3.8, 4) is 11.9 Å². The Labute approximate surface area is 178 Å². The number of amides is 1. The fourth-order valence-electron chi connectivity index (χ4n) is 2.98. The summed E-state index contributed by atoms with van der Waals surface area (Å²) in [5.41, 5.74) is 1.54. The molecule has 31 heavy (non-hydrogen) atoms. The first kappa shape index (κ1) is 20.1. The molecule has 10 heteroatoms. The Kier molecular flexibility index (Phi) is 5.10. The highest BCUT2D eigenvalue weighted by atomic mass is 32.2. The van der Waals surface area contributed by atoms with Crippen LogP contribution in [0.25, 0.3) is 16.7 Å². The lowest BCUT2D eigenvalue weighted by molar-refractivity contribution is 0.102. The molecule has 0 spiro atoms. The molecule has 2 aromatic carbocycles. The van der Waals surface area contributed by atoms with Gasteiger partial charge in [-0.05, 0) is 42.5 Å². The van der Waals surface area contributed by atoms with E-state index in [4.69, 9.17) is 0 Å².